The molecular weight excluding hydrogens is 156 g/mol. The summed E-state index contributed by atoms with van der Waals surface area (Å²) in [5.41, 5.74) is 0. The zero-order chi connectivity index (χ0) is 8.81. The van der Waals surface area contributed by atoms with E-state index in [-0.39, 0.29) is 6.79 Å². The van der Waals surface area contributed by atoms with Crippen LogP contribution in [0.25, 0.3) is 0 Å². The van der Waals surface area contributed by atoms with Crippen molar-refractivity contribution in [2.75, 3.05) is 13.4 Å². The molecule has 0 aliphatic rings. The first kappa shape index (κ1) is 8.87. The molecule has 0 spiro atoms. The van der Waals surface area contributed by atoms with Crippen LogP contribution in [0.3, 0.4) is 0 Å². The number of aliphatic hydroxyl groups excluding tert-OH is 1. The molecule has 0 saturated carbocycles. The second kappa shape index (κ2) is 4.62. The summed E-state index contributed by atoms with van der Waals surface area (Å²) in [6, 6.07) is 7.10. The predicted molar refractivity (Wildman–Crippen MR) is 45.3 cm³/mol. The molecule has 0 heterocycles. The van der Waals surface area contributed by atoms with Gasteiger partial charge in [0, 0.05) is 0 Å². The van der Waals surface area contributed by atoms with Gasteiger partial charge in [0.15, 0.2) is 6.79 Å². The number of ether oxygens (including phenoxy) is 2. The minimum absolute atomic E-state index is 0.298. The zero-order valence-corrected chi connectivity index (χ0v) is 6.99. The Hall–Kier alpha value is -1.22. The lowest BCUT2D eigenvalue weighted by atomic mass is 10.3. The fourth-order valence-electron chi connectivity index (χ4n) is 0.873. The summed E-state index contributed by atoms with van der Waals surface area (Å²) in [4.78, 5) is 0. The van der Waals surface area contributed by atoms with Crippen molar-refractivity contribution in [3.05, 3.63) is 24.3 Å². The number of rotatable bonds is 4. The van der Waals surface area contributed by atoms with E-state index in [0.717, 1.165) is 5.75 Å². The molecule has 12 heavy (non-hydrogen) atoms. The first-order chi connectivity index (χ1) is 5.86. The summed E-state index contributed by atoms with van der Waals surface area (Å²) in [7, 11) is 0. The SMILES string of the molecule is CCOc1ccc(OCO)cc1. The van der Waals surface area contributed by atoms with Gasteiger partial charge in [0.25, 0.3) is 0 Å². The van der Waals surface area contributed by atoms with E-state index in [1.165, 1.54) is 0 Å². The molecule has 1 N–H and O–H groups in total. The third-order valence-electron chi connectivity index (χ3n) is 1.37. The van der Waals surface area contributed by atoms with Gasteiger partial charge in [-0.1, -0.05) is 0 Å². The van der Waals surface area contributed by atoms with Crippen molar-refractivity contribution >= 4 is 0 Å². The van der Waals surface area contributed by atoms with Crippen molar-refractivity contribution in [1.29, 1.82) is 0 Å². The second-order valence-electron chi connectivity index (χ2n) is 2.18. The minimum Gasteiger partial charge on any atom is -0.494 e. The fourth-order valence-corrected chi connectivity index (χ4v) is 0.873. The molecule has 0 atom stereocenters. The zero-order valence-electron chi connectivity index (χ0n) is 6.99. The van der Waals surface area contributed by atoms with Gasteiger partial charge in [-0.3, -0.25) is 0 Å². The number of hydrogen-bond acceptors (Lipinski definition) is 3. The van der Waals surface area contributed by atoms with Crippen molar-refractivity contribution < 1.29 is 14.6 Å². The molecule has 1 aromatic carbocycles. The number of aliphatic hydroxyl groups is 1. The van der Waals surface area contributed by atoms with Crippen LogP contribution in [0.15, 0.2) is 24.3 Å². The molecule has 0 fully saturated rings. The molecule has 0 amide bonds. The van der Waals surface area contributed by atoms with Crippen LogP contribution in [0.5, 0.6) is 11.5 Å². The van der Waals surface area contributed by atoms with Gasteiger partial charge in [-0.05, 0) is 31.2 Å². The van der Waals surface area contributed by atoms with Gasteiger partial charge in [0.2, 0.25) is 0 Å². The Morgan fingerprint density at radius 1 is 1.08 bits per heavy atom. The Bertz CT molecular complexity index is 193. The van der Waals surface area contributed by atoms with Crippen molar-refractivity contribution in [2.45, 2.75) is 6.92 Å². The number of benzene rings is 1. The largest absolute Gasteiger partial charge is 0.494 e. The van der Waals surface area contributed by atoms with Crippen LogP contribution in [0.4, 0.5) is 0 Å². The molecule has 0 aromatic heterocycles. The van der Waals surface area contributed by atoms with E-state index >= 15 is 0 Å². The van der Waals surface area contributed by atoms with Gasteiger partial charge >= 0.3 is 0 Å². The topological polar surface area (TPSA) is 38.7 Å². The Balaban J connectivity index is 2.58. The molecule has 0 aliphatic heterocycles. The van der Waals surface area contributed by atoms with E-state index in [1.807, 2.05) is 6.92 Å². The van der Waals surface area contributed by atoms with Crippen LogP contribution < -0.4 is 9.47 Å². The minimum atomic E-state index is -0.298. The van der Waals surface area contributed by atoms with E-state index < -0.39 is 0 Å². The van der Waals surface area contributed by atoms with Crippen molar-refractivity contribution in [3.63, 3.8) is 0 Å². The summed E-state index contributed by atoms with van der Waals surface area (Å²) in [6.07, 6.45) is 0. The smallest absolute Gasteiger partial charge is 0.186 e. The van der Waals surface area contributed by atoms with Gasteiger partial charge in [-0.15, -0.1) is 0 Å². The molecule has 0 bridgehead atoms. The molecular formula is C9H12O3. The van der Waals surface area contributed by atoms with Crippen molar-refractivity contribution in [3.8, 4) is 11.5 Å². The molecule has 0 aliphatic carbocycles. The molecule has 66 valence electrons. The fraction of sp³-hybridized carbons (Fsp3) is 0.333. The highest BCUT2D eigenvalue weighted by atomic mass is 16.6. The Kier molecular flexibility index (Phi) is 3.41. The van der Waals surface area contributed by atoms with Crippen molar-refractivity contribution in [1.82, 2.24) is 0 Å². The maximum atomic E-state index is 8.44. The highest BCUT2D eigenvalue weighted by Gasteiger charge is 1.93. The third-order valence-corrected chi connectivity index (χ3v) is 1.37. The van der Waals surface area contributed by atoms with Gasteiger partial charge in [-0.25, -0.2) is 0 Å². The first-order valence-corrected chi connectivity index (χ1v) is 3.83. The lowest BCUT2D eigenvalue weighted by Crippen LogP contribution is -1.95. The summed E-state index contributed by atoms with van der Waals surface area (Å²) >= 11 is 0. The maximum Gasteiger partial charge on any atom is 0.186 e. The Labute approximate surface area is 71.5 Å². The molecule has 3 heteroatoms. The van der Waals surface area contributed by atoms with Gasteiger partial charge in [0.1, 0.15) is 11.5 Å². The Morgan fingerprint density at radius 2 is 1.58 bits per heavy atom. The summed E-state index contributed by atoms with van der Waals surface area (Å²) in [5, 5.41) is 8.44. The monoisotopic (exact) mass is 168 g/mol. The van der Waals surface area contributed by atoms with E-state index in [1.54, 1.807) is 24.3 Å². The van der Waals surface area contributed by atoms with Crippen LogP contribution in [0.1, 0.15) is 6.92 Å². The average molecular weight is 168 g/mol. The van der Waals surface area contributed by atoms with Crippen LogP contribution in [-0.2, 0) is 0 Å². The normalized spacial score (nSPS) is 9.50. The standard InChI is InChI=1S/C9H12O3/c1-2-11-8-3-5-9(6-4-8)12-7-10/h3-6,10H,2,7H2,1H3. The highest BCUT2D eigenvalue weighted by molar-refractivity contribution is 5.31. The van der Waals surface area contributed by atoms with Crippen LogP contribution >= 0.6 is 0 Å². The second-order valence-corrected chi connectivity index (χ2v) is 2.18. The molecule has 0 radical (unpaired) electrons. The molecule has 1 rings (SSSR count). The highest BCUT2D eigenvalue weighted by Crippen LogP contribution is 2.16. The van der Waals surface area contributed by atoms with Crippen LogP contribution in [0, 0.1) is 0 Å². The van der Waals surface area contributed by atoms with E-state index in [0.29, 0.717) is 12.4 Å². The van der Waals surface area contributed by atoms with Crippen molar-refractivity contribution in [2.24, 2.45) is 0 Å². The number of hydrogen-bond donors (Lipinski definition) is 1. The molecule has 1 aromatic rings. The molecule has 0 unspecified atom stereocenters. The molecule has 0 saturated heterocycles. The van der Waals surface area contributed by atoms with E-state index in [4.69, 9.17) is 14.6 Å². The van der Waals surface area contributed by atoms with Gasteiger partial charge < -0.3 is 14.6 Å². The summed E-state index contributed by atoms with van der Waals surface area (Å²) in [6.45, 7) is 2.28. The maximum absolute atomic E-state index is 8.44. The van der Waals surface area contributed by atoms with E-state index in [2.05, 4.69) is 0 Å². The average Bonchev–Trinajstić information content (AvgIpc) is 2.09. The summed E-state index contributed by atoms with van der Waals surface area (Å²) in [5.74, 6) is 1.45. The van der Waals surface area contributed by atoms with Gasteiger partial charge in [0.05, 0.1) is 6.61 Å². The van der Waals surface area contributed by atoms with E-state index in [9.17, 15) is 0 Å². The Morgan fingerprint density at radius 3 is 2.00 bits per heavy atom. The lowest BCUT2D eigenvalue weighted by Gasteiger charge is -2.04. The summed E-state index contributed by atoms with van der Waals surface area (Å²) < 4.78 is 10.1. The first-order valence-electron chi connectivity index (χ1n) is 3.83. The molecule has 3 nitrogen and oxygen atoms in total. The van der Waals surface area contributed by atoms with Gasteiger partial charge in [-0.2, -0.15) is 0 Å². The third kappa shape index (κ3) is 2.43. The lowest BCUT2D eigenvalue weighted by molar-refractivity contribution is 0.0984. The quantitative estimate of drug-likeness (QED) is 0.691. The van der Waals surface area contributed by atoms with Crippen LogP contribution in [0.2, 0.25) is 0 Å². The predicted octanol–water partition coefficient (Wildman–Crippen LogP) is 1.41. The van der Waals surface area contributed by atoms with Crippen LogP contribution in [-0.4, -0.2) is 18.5 Å².